The molecule has 1 aliphatic heterocycles. The molecule has 0 bridgehead atoms. The number of ether oxygens (including phenoxy) is 1. The highest BCUT2D eigenvalue weighted by molar-refractivity contribution is 7.89. The maximum Gasteiger partial charge on any atom is 0.289 e. The van der Waals surface area contributed by atoms with E-state index in [9.17, 15) is 26.9 Å². The number of benzene rings is 2. The van der Waals surface area contributed by atoms with E-state index < -0.39 is 35.6 Å². The molecule has 0 atom stereocenters. The van der Waals surface area contributed by atoms with Crippen LogP contribution in [0.1, 0.15) is 12.8 Å². The van der Waals surface area contributed by atoms with Crippen LogP contribution in [-0.2, 0) is 20.0 Å². The fourth-order valence-electron chi connectivity index (χ4n) is 3.04. The van der Waals surface area contributed by atoms with Gasteiger partial charge in [-0.3, -0.25) is 10.1 Å². The van der Waals surface area contributed by atoms with Crippen LogP contribution in [0, 0.1) is 10.1 Å². The second-order valence-corrected chi connectivity index (χ2v) is 10.2. The van der Waals surface area contributed by atoms with E-state index in [1.807, 2.05) is 0 Å². The Morgan fingerprint density at radius 1 is 1.00 bits per heavy atom. The predicted octanol–water partition coefficient (Wildman–Crippen LogP) is 1.74. The molecule has 2 aromatic rings. The molecular formula is C18H21N3O7S2. The van der Waals surface area contributed by atoms with Crippen molar-refractivity contribution in [3.05, 3.63) is 58.6 Å². The van der Waals surface area contributed by atoms with E-state index in [1.165, 1.54) is 40.7 Å². The molecule has 0 saturated carbocycles. The van der Waals surface area contributed by atoms with Crippen LogP contribution >= 0.6 is 0 Å². The monoisotopic (exact) mass is 455 g/mol. The van der Waals surface area contributed by atoms with Crippen molar-refractivity contribution >= 4 is 25.7 Å². The van der Waals surface area contributed by atoms with Crippen molar-refractivity contribution in [1.82, 2.24) is 9.03 Å². The quantitative estimate of drug-likeness (QED) is 0.345. The van der Waals surface area contributed by atoms with Crippen LogP contribution in [0.2, 0.25) is 0 Å². The highest BCUT2D eigenvalue weighted by atomic mass is 32.2. The van der Waals surface area contributed by atoms with Gasteiger partial charge < -0.3 is 4.74 Å². The number of sulfonamides is 2. The lowest BCUT2D eigenvalue weighted by atomic mass is 10.3. The smallest absolute Gasteiger partial charge is 0.289 e. The molecule has 3 rings (SSSR count). The Balaban J connectivity index is 1.56. The minimum absolute atomic E-state index is 0.0436. The summed E-state index contributed by atoms with van der Waals surface area (Å²) in [5, 5.41) is 11.0. The molecule has 12 heteroatoms. The molecule has 0 amide bonds. The summed E-state index contributed by atoms with van der Waals surface area (Å²) in [5.74, 6) is 0.375. The predicted molar refractivity (Wildman–Crippen MR) is 108 cm³/mol. The van der Waals surface area contributed by atoms with Crippen LogP contribution in [0.25, 0.3) is 0 Å². The van der Waals surface area contributed by atoms with Gasteiger partial charge in [-0.05, 0) is 43.2 Å². The van der Waals surface area contributed by atoms with Crippen LogP contribution in [0.5, 0.6) is 5.75 Å². The van der Waals surface area contributed by atoms with E-state index in [1.54, 1.807) is 0 Å². The van der Waals surface area contributed by atoms with Gasteiger partial charge in [0.2, 0.25) is 20.0 Å². The molecule has 162 valence electrons. The van der Waals surface area contributed by atoms with E-state index in [4.69, 9.17) is 4.74 Å². The summed E-state index contributed by atoms with van der Waals surface area (Å²) >= 11 is 0. The number of nitrogens with one attached hydrogen (secondary N) is 1. The molecule has 0 aliphatic carbocycles. The summed E-state index contributed by atoms with van der Waals surface area (Å²) in [6, 6.07) is 10.9. The molecule has 1 aliphatic rings. The standard InChI is InChI=1S/C18H21N3O7S2/c22-21(23)17-5-1-2-6-18(17)29(24,25)19-11-14-28-15-7-9-16(10-8-15)30(26,27)20-12-3-4-13-20/h1-2,5-10,19H,3-4,11-14H2. The Bertz CT molecular complexity index is 1110. The van der Waals surface area contributed by atoms with Gasteiger partial charge in [0.05, 0.1) is 9.82 Å². The third-order valence-electron chi connectivity index (χ3n) is 4.54. The number of nitrogens with zero attached hydrogens (tertiary/aromatic N) is 2. The van der Waals surface area contributed by atoms with Crippen molar-refractivity contribution in [2.45, 2.75) is 22.6 Å². The summed E-state index contributed by atoms with van der Waals surface area (Å²) in [6.45, 7) is 0.862. The Kier molecular flexibility index (Phi) is 6.71. The molecule has 1 fully saturated rings. The summed E-state index contributed by atoms with van der Waals surface area (Å²) < 4.78 is 58.7. The molecule has 1 saturated heterocycles. The lowest BCUT2D eigenvalue weighted by Crippen LogP contribution is -2.29. The van der Waals surface area contributed by atoms with Gasteiger partial charge in [-0.15, -0.1) is 0 Å². The summed E-state index contributed by atoms with van der Waals surface area (Å²) in [7, 11) is -7.59. The molecular weight excluding hydrogens is 434 g/mol. The van der Waals surface area contributed by atoms with Crippen molar-refractivity contribution in [2.75, 3.05) is 26.2 Å². The Labute approximate surface area is 174 Å². The van der Waals surface area contributed by atoms with Gasteiger partial charge in [-0.2, -0.15) is 4.31 Å². The first-order valence-corrected chi connectivity index (χ1v) is 12.1. The maximum absolute atomic E-state index is 12.5. The first-order chi connectivity index (χ1) is 14.2. The van der Waals surface area contributed by atoms with Crippen LogP contribution in [0.4, 0.5) is 5.69 Å². The highest BCUT2D eigenvalue weighted by Crippen LogP contribution is 2.24. The fourth-order valence-corrected chi connectivity index (χ4v) is 5.74. The molecule has 2 aromatic carbocycles. The zero-order valence-electron chi connectivity index (χ0n) is 15.9. The van der Waals surface area contributed by atoms with Crippen LogP contribution in [0.3, 0.4) is 0 Å². The van der Waals surface area contributed by atoms with E-state index in [-0.39, 0.29) is 18.0 Å². The molecule has 1 N–H and O–H groups in total. The van der Waals surface area contributed by atoms with Gasteiger partial charge in [-0.1, -0.05) is 12.1 Å². The van der Waals surface area contributed by atoms with Gasteiger partial charge in [0.25, 0.3) is 5.69 Å². The van der Waals surface area contributed by atoms with Crippen LogP contribution in [-0.4, -0.2) is 52.3 Å². The number of hydrogen-bond acceptors (Lipinski definition) is 7. The molecule has 0 spiro atoms. The minimum Gasteiger partial charge on any atom is -0.492 e. The van der Waals surface area contributed by atoms with E-state index in [0.717, 1.165) is 25.0 Å². The molecule has 0 aromatic heterocycles. The van der Waals surface area contributed by atoms with Crippen molar-refractivity contribution in [3.63, 3.8) is 0 Å². The Morgan fingerprint density at radius 2 is 1.63 bits per heavy atom. The lowest BCUT2D eigenvalue weighted by molar-refractivity contribution is -0.387. The average molecular weight is 456 g/mol. The largest absolute Gasteiger partial charge is 0.492 e. The zero-order valence-corrected chi connectivity index (χ0v) is 17.6. The van der Waals surface area contributed by atoms with Crippen molar-refractivity contribution in [1.29, 1.82) is 0 Å². The molecule has 0 radical (unpaired) electrons. The number of rotatable bonds is 9. The maximum atomic E-state index is 12.5. The lowest BCUT2D eigenvalue weighted by Gasteiger charge is -2.15. The van der Waals surface area contributed by atoms with Crippen LogP contribution in [0.15, 0.2) is 58.3 Å². The van der Waals surface area contributed by atoms with Gasteiger partial charge in [0.15, 0.2) is 4.90 Å². The van der Waals surface area contributed by atoms with Crippen LogP contribution < -0.4 is 9.46 Å². The number of nitro benzene ring substituents is 1. The third-order valence-corrected chi connectivity index (χ3v) is 7.96. The summed E-state index contributed by atoms with van der Waals surface area (Å²) in [5.41, 5.74) is -0.513. The number of para-hydroxylation sites is 1. The normalized spacial score (nSPS) is 15.2. The molecule has 0 unspecified atom stereocenters. The molecule has 30 heavy (non-hydrogen) atoms. The number of nitro groups is 1. The Hall–Kier alpha value is -2.54. The van der Waals surface area contributed by atoms with Gasteiger partial charge in [-0.25, -0.2) is 21.6 Å². The first kappa shape index (κ1) is 22.2. The SMILES string of the molecule is O=[N+]([O-])c1ccccc1S(=O)(=O)NCCOc1ccc(S(=O)(=O)N2CCCC2)cc1. The summed E-state index contributed by atoms with van der Waals surface area (Å²) in [4.78, 5) is 10.00. The molecule has 10 nitrogen and oxygen atoms in total. The fraction of sp³-hybridized carbons (Fsp3) is 0.333. The second kappa shape index (κ2) is 9.08. The van der Waals surface area contributed by atoms with Gasteiger partial charge in [0, 0.05) is 25.7 Å². The second-order valence-electron chi connectivity index (χ2n) is 6.55. The van der Waals surface area contributed by atoms with Crippen molar-refractivity contribution < 1.29 is 26.5 Å². The zero-order chi connectivity index (χ0) is 21.8. The third kappa shape index (κ3) is 4.95. The van der Waals surface area contributed by atoms with E-state index in [0.29, 0.717) is 18.8 Å². The summed E-state index contributed by atoms with van der Waals surface area (Å²) in [6.07, 6.45) is 1.70. The minimum atomic E-state index is -4.08. The topological polar surface area (TPSA) is 136 Å². The van der Waals surface area contributed by atoms with Gasteiger partial charge >= 0.3 is 0 Å². The first-order valence-electron chi connectivity index (χ1n) is 9.18. The van der Waals surface area contributed by atoms with E-state index in [2.05, 4.69) is 4.72 Å². The van der Waals surface area contributed by atoms with Crippen molar-refractivity contribution in [2.24, 2.45) is 0 Å². The highest BCUT2D eigenvalue weighted by Gasteiger charge is 2.27. The molecule has 1 heterocycles. The van der Waals surface area contributed by atoms with Crippen molar-refractivity contribution in [3.8, 4) is 5.75 Å². The Morgan fingerprint density at radius 3 is 2.27 bits per heavy atom. The number of hydrogen-bond donors (Lipinski definition) is 1. The van der Waals surface area contributed by atoms with Gasteiger partial charge in [0.1, 0.15) is 12.4 Å². The average Bonchev–Trinajstić information content (AvgIpc) is 3.27. The van der Waals surface area contributed by atoms with E-state index >= 15 is 0 Å².